The predicted octanol–water partition coefficient (Wildman–Crippen LogP) is 1.59. The fourth-order valence-corrected chi connectivity index (χ4v) is 1.04. The van der Waals surface area contributed by atoms with E-state index in [1.54, 1.807) is 0 Å². The van der Waals surface area contributed by atoms with Crippen LogP contribution in [0.1, 0.15) is 19.5 Å². The summed E-state index contributed by atoms with van der Waals surface area (Å²) >= 11 is 0. The lowest BCUT2D eigenvalue weighted by molar-refractivity contribution is 0.325. The highest BCUT2D eigenvalue weighted by atomic mass is 16.5. The monoisotopic (exact) mass is 180 g/mol. The van der Waals surface area contributed by atoms with Crippen molar-refractivity contribution < 1.29 is 4.74 Å². The minimum absolute atomic E-state index is 0.664. The van der Waals surface area contributed by atoms with Crippen LogP contribution in [-0.2, 0) is 6.54 Å². The van der Waals surface area contributed by atoms with Crippen molar-refractivity contribution in [3.63, 3.8) is 0 Å². The molecule has 0 aliphatic carbocycles. The smallest absolute Gasteiger partial charge is 0.213 e. The van der Waals surface area contributed by atoms with Crippen molar-refractivity contribution in [3.8, 4) is 5.88 Å². The van der Waals surface area contributed by atoms with E-state index in [-0.39, 0.29) is 0 Å². The van der Waals surface area contributed by atoms with E-state index in [0.717, 1.165) is 18.8 Å². The Labute approximate surface area is 79.1 Å². The van der Waals surface area contributed by atoms with Crippen LogP contribution in [0.3, 0.4) is 0 Å². The van der Waals surface area contributed by atoms with E-state index in [1.807, 2.05) is 25.1 Å². The van der Waals surface area contributed by atoms with Crippen molar-refractivity contribution in [3.05, 3.63) is 23.9 Å². The molecule has 0 fully saturated rings. The van der Waals surface area contributed by atoms with Gasteiger partial charge in [-0.1, -0.05) is 13.0 Å². The SMILES string of the molecule is CCNCc1cccc(OCC)n1. The van der Waals surface area contributed by atoms with Crippen molar-refractivity contribution in [2.75, 3.05) is 13.2 Å². The summed E-state index contributed by atoms with van der Waals surface area (Å²) in [7, 11) is 0. The molecule has 0 amide bonds. The van der Waals surface area contributed by atoms with Crippen molar-refractivity contribution >= 4 is 0 Å². The Morgan fingerprint density at radius 1 is 1.38 bits per heavy atom. The number of nitrogens with one attached hydrogen (secondary N) is 1. The van der Waals surface area contributed by atoms with E-state index in [9.17, 15) is 0 Å². The Kier molecular flexibility index (Phi) is 4.26. The van der Waals surface area contributed by atoms with Gasteiger partial charge in [-0.05, 0) is 19.5 Å². The number of hydrogen-bond acceptors (Lipinski definition) is 3. The first-order valence-corrected chi connectivity index (χ1v) is 4.66. The van der Waals surface area contributed by atoms with Crippen LogP contribution in [0.25, 0.3) is 0 Å². The van der Waals surface area contributed by atoms with Crippen LogP contribution < -0.4 is 10.1 Å². The molecule has 0 spiro atoms. The van der Waals surface area contributed by atoms with Gasteiger partial charge in [0.25, 0.3) is 0 Å². The number of pyridine rings is 1. The molecule has 0 aliphatic heterocycles. The number of nitrogens with zero attached hydrogens (tertiary/aromatic N) is 1. The minimum Gasteiger partial charge on any atom is -0.478 e. The maximum atomic E-state index is 5.29. The topological polar surface area (TPSA) is 34.1 Å². The van der Waals surface area contributed by atoms with E-state index in [0.29, 0.717) is 12.5 Å². The maximum absolute atomic E-state index is 5.29. The minimum atomic E-state index is 0.664. The van der Waals surface area contributed by atoms with Gasteiger partial charge in [-0.25, -0.2) is 4.98 Å². The average Bonchev–Trinajstić information content (AvgIpc) is 2.16. The van der Waals surface area contributed by atoms with Crippen LogP contribution in [0.15, 0.2) is 18.2 Å². The molecule has 72 valence electrons. The molecular formula is C10H16N2O. The molecule has 0 bridgehead atoms. The van der Waals surface area contributed by atoms with Gasteiger partial charge >= 0.3 is 0 Å². The highest BCUT2D eigenvalue weighted by Gasteiger charge is 1.96. The second-order valence-corrected chi connectivity index (χ2v) is 2.68. The molecule has 1 rings (SSSR count). The van der Waals surface area contributed by atoms with Crippen LogP contribution in [0, 0.1) is 0 Å². The molecule has 1 aromatic rings. The quantitative estimate of drug-likeness (QED) is 0.747. The lowest BCUT2D eigenvalue weighted by Crippen LogP contribution is -2.13. The lowest BCUT2D eigenvalue weighted by Gasteiger charge is -2.04. The van der Waals surface area contributed by atoms with E-state index >= 15 is 0 Å². The fraction of sp³-hybridized carbons (Fsp3) is 0.500. The normalized spacial score (nSPS) is 10.0. The molecule has 1 aromatic heterocycles. The van der Waals surface area contributed by atoms with Crippen LogP contribution in [0.2, 0.25) is 0 Å². The van der Waals surface area contributed by atoms with Gasteiger partial charge < -0.3 is 10.1 Å². The van der Waals surface area contributed by atoms with Gasteiger partial charge in [0.2, 0.25) is 5.88 Å². The second kappa shape index (κ2) is 5.54. The van der Waals surface area contributed by atoms with Gasteiger partial charge in [-0.15, -0.1) is 0 Å². The zero-order valence-corrected chi connectivity index (χ0v) is 8.21. The fourth-order valence-electron chi connectivity index (χ4n) is 1.04. The molecule has 0 unspecified atom stereocenters. The van der Waals surface area contributed by atoms with E-state index in [1.165, 1.54) is 0 Å². The molecule has 13 heavy (non-hydrogen) atoms. The summed E-state index contributed by atoms with van der Waals surface area (Å²) in [4.78, 5) is 4.32. The van der Waals surface area contributed by atoms with Crippen LogP contribution in [-0.4, -0.2) is 18.1 Å². The van der Waals surface area contributed by atoms with E-state index in [2.05, 4.69) is 17.2 Å². The molecule has 0 atom stereocenters. The Balaban J connectivity index is 2.56. The first-order valence-electron chi connectivity index (χ1n) is 4.66. The Morgan fingerprint density at radius 2 is 2.23 bits per heavy atom. The zero-order chi connectivity index (χ0) is 9.52. The third-order valence-corrected chi connectivity index (χ3v) is 1.63. The number of aromatic nitrogens is 1. The molecule has 3 nitrogen and oxygen atoms in total. The summed E-state index contributed by atoms with van der Waals surface area (Å²) in [6.45, 7) is 6.46. The Morgan fingerprint density at radius 3 is 2.92 bits per heavy atom. The third-order valence-electron chi connectivity index (χ3n) is 1.63. The molecule has 0 radical (unpaired) electrons. The van der Waals surface area contributed by atoms with Gasteiger partial charge in [-0.2, -0.15) is 0 Å². The average molecular weight is 180 g/mol. The predicted molar refractivity (Wildman–Crippen MR) is 52.8 cm³/mol. The van der Waals surface area contributed by atoms with Gasteiger partial charge in [0.15, 0.2) is 0 Å². The van der Waals surface area contributed by atoms with Gasteiger partial charge in [0, 0.05) is 12.6 Å². The third kappa shape index (κ3) is 3.42. The lowest BCUT2D eigenvalue weighted by atomic mass is 10.3. The molecule has 0 aromatic carbocycles. The second-order valence-electron chi connectivity index (χ2n) is 2.68. The molecule has 1 heterocycles. The van der Waals surface area contributed by atoms with Gasteiger partial charge in [0.1, 0.15) is 0 Å². The maximum Gasteiger partial charge on any atom is 0.213 e. The van der Waals surface area contributed by atoms with Crippen LogP contribution in [0.4, 0.5) is 0 Å². The largest absolute Gasteiger partial charge is 0.478 e. The van der Waals surface area contributed by atoms with Crippen LogP contribution in [0.5, 0.6) is 5.88 Å². The number of ether oxygens (including phenoxy) is 1. The zero-order valence-electron chi connectivity index (χ0n) is 8.21. The summed E-state index contributed by atoms with van der Waals surface area (Å²) in [6.07, 6.45) is 0. The summed E-state index contributed by atoms with van der Waals surface area (Å²) in [5, 5.41) is 3.22. The number of hydrogen-bond donors (Lipinski definition) is 1. The molecular weight excluding hydrogens is 164 g/mol. The van der Waals surface area contributed by atoms with Crippen molar-refractivity contribution in [2.24, 2.45) is 0 Å². The van der Waals surface area contributed by atoms with Crippen molar-refractivity contribution in [2.45, 2.75) is 20.4 Å². The van der Waals surface area contributed by atoms with Crippen LogP contribution >= 0.6 is 0 Å². The standard InChI is InChI=1S/C10H16N2O/c1-3-11-8-9-6-5-7-10(12-9)13-4-2/h5-7,11H,3-4,8H2,1-2H3. The summed E-state index contributed by atoms with van der Waals surface area (Å²) < 4.78 is 5.29. The molecule has 0 saturated heterocycles. The summed E-state index contributed by atoms with van der Waals surface area (Å²) in [6, 6.07) is 5.83. The Bertz CT molecular complexity index is 250. The van der Waals surface area contributed by atoms with E-state index in [4.69, 9.17) is 4.74 Å². The first kappa shape index (κ1) is 9.99. The first-order chi connectivity index (χ1) is 6.36. The Hall–Kier alpha value is -1.09. The molecule has 0 aliphatic rings. The molecule has 1 N–H and O–H groups in total. The van der Waals surface area contributed by atoms with Crippen molar-refractivity contribution in [1.29, 1.82) is 0 Å². The highest BCUT2D eigenvalue weighted by molar-refractivity contribution is 5.15. The van der Waals surface area contributed by atoms with E-state index < -0.39 is 0 Å². The molecule has 3 heteroatoms. The highest BCUT2D eigenvalue weighted by Crippen LogP contribution is 2.06. The van der Waals surface area contributed by atoms with Crippen molar-refractivity contribution in [1.82, 2.24) is 10.3 Å². The summed E-state index contributed by atoms with van der Waals surface area (Å²) in [5.41, 5.74) is 1.02. The number of rotatable bonds is 5. The van der Waals surface area contributed by atoms with Gasteiger partial charge in [0.05, 0.1) is 12.3 Å². The summed E-state index contributed by atoms with van der Waals surface area (Å²) in [5.74, 6) is 0.706. The molecule has 0 saturated carbocycles. The van der Waals surface area contributed by atoms with Gasteiger partial charge in [-0.3, -0.25) is 0 Å².